The average molecular weight is 873 g/mol. The average Bonchev–Trinajstić information content (AvgIpc) is 3.94. The molecule has 2 spiro atoms. The number of aromatic amines is 2. The van der Waals surface area contributed by atoms with Gasteiger partial charge < -0.3 is 49.3 Å². The van der Waals surface area contributed by atoms with Crippen LogP contribution in [0.1, 0.15) is 77.1 Å². The van der Waals surface area contributed by atoms with Crippen LogP contribution in [0, 0.1) is 17.3 Å². The Hall–Kier alpha value is -6.26. The summed E-state index contributed by atoms with van der Waals surface area (Å²) < 4.78 is 21.7. The fraction of sp³-hybridized carbons (Fsp3) is 0.458. The topological polar surface area (TPSA) is 193 Å². The van der Waals surface area contributed by atoms with Crippen LogP contribution in [0.4, 0.5) is 9.59 Å². The minimum Gasteiger partial charge on any atom is -0.453 e. The van der Waals surface area contributed by atoms with Crippen LogP contribution in [0.3, 0.4) is 0 Å². The number of hydrogen-bond donors (Lipinski definition) is 4. The van der Waals surface area contributed by atoms with Crippen molar-refractivity contribution in [1.82, 2.24) is 40.4 Å². The molecule has 1 saturated carbocycles. The molecule has 4 N–H and O–H groups in total. The number of likely N-dealkylation sites (tertiary alicyclic amines) is 2. The third-order valence-corrected chi connectivity index (χ3v) is 13.4. The minimum absolute atomic E-state index is 0.111. The van der Waals surface area contributed by atoms with Gasteiger partial charge in [-0.05, 0) is 76.1 Å². The van der Waals surface area contributed by atoms with Crippen LogP contribution in [0.25, 0.3) is 44.4 Å². The first-order valence-corrected chi connectivity index (χ1v) is 22.1. The standard InChI is InChI=1S/C48H56N8O8/c1-27(2)39(53-45(59)61-5)43(57)55-25-47(15-16-47)21-37(55)41-50-24-36(52-41)34-14-13-32-19-31(11-12-33(32)20-34)29-7-9-30(10-8-29)35-23-49-42(51-35)38-22-48(63-17-18-64-48)26-56(38)44(58)40(28(3)4)54-46(60)62-6/h7-14,19-20,23-24,27-28,37-40H,15-18,21-22,25-26H2,1-6H3,(H,49,51)(H,50,52)(H,53,59)(H,54,60)/t37-,38-,39-,40-/m0/s1. The Bertz CT molecular complexity index is 2560. The number of alkyl carbamates (subject to hydrolysis) is 2. The predicted octanol–water partition coefficient (Wildman–Crippen LogP) is 7.12. The van der Waals surface area contributed by atoms with Crippen molar-refractivity contribution >= 4 is 34.8 Å². The Balaban J connectivity index is 0.898. The van der Waals surface area contributed by atoms with Crippen LogP contribution >= 0.6 is 0 Å². The highest BCUT2D eigenvalue weighted by Crippen LogP contribution is 2.58. The van der Waals surface area contributed by atoms with Gasteiger partial charge in [-0.1, -0.05) is 76.2 Å². The molecular weight excluding hydrogens is 817 g/mol. The van der Waals surface area contributed by atoms with Crippen LogP contribution in [0.2, 0.25) is 0 Å². The van der Waals surface area contributed by atoms with Crippen molar-refractivity contribution in [2.45, 2.75) is 83.3 Å². The molecule has 0 unspecified atom stereocenters. The van der Waals surface area contributed by atoms with Gasteiger partial charge in [0.15, 0.2) is 5.79 Å². The highest BCUT2D eigenvalue weighted by atomic mass is 16.7. The predicted molar refractivity (Wildman–Crippen MR) is 237 cm³/mol. The summed E-state index contributed by atoms with van der Waals surface area (Å²) in [6.45, 7) is 9.34. The van der Waals surface area contributed by atoms with Gasteiger partial charge in [0.25, 0.3) is 0 Å². The normalized spacial score (nSPS) is 20.6. The lowest BCUT2D eigenvalue weighted by Crippen LogP contribution is -2.52. The van der Waals surface area contributed by atoms with Crippen molar-refractivity contribution < 1.29 is 38.1 Å². The highest BCUT2D eigenvalue weighted by molar-refractivity contribution is 5.91. The van der Waals surface area contributed by atoms with Crippen molar-refractivity contribution in [3.05, 3.63) is 84.7 Å². The van der Waals surface area contributed by atoms with Crippen LogP contribution in [0.15, 0.2) is 73.1 Å². The van der Waals surface area contributed by atoms with E-state index in [0.717, 1.165) is 69.5 Å². The summed E-state index contributed by atoms with van der Waals surface area (Å²) >= 11 is 0. The number of carbonyl (C=O) groups is 4. The van der Waals surface area contributed by atoms with E-state index < -0.39 is 36.1 Å². The number of nitrogens with zero attached hydrogens (tertiary/aromatic N) is 4. The molecule has 5 aromatic rings. The Morgan fingerprint density at radius 1 is 0.656 bits per heavy atom. The zero-order valence-electron chi connectivity index (χ0n) is 37.1. The van der Waals surface area contributed by atoms with Gasteiger partial charge in [-0.2, -0.15) is 0 Å². The first kappa shape index (κ1) is 43.0. The number of ether oxygens (including phenoxy) is 4. The molecule has 3 aromatic carbocycles. The van der Waals surface area contributed by atoms with E-state index in [2.05, 4.69) is 81.3 Å². The molecule has 16 nitrogen and oxygen atoms in total. The number of hydrogen-bond acceptors (Lipinski definition) is 10. The van der Waals surface area contributed by atoms with Crippen LogP contribution < -0.4 is 10.6 Å². The van der Waals surface area contributed by atoms with Gasteiger partial charge in [-0.15, -0.1) is 0 Å². The molecule has 64 heavy (non-hydrogen) atoms. The van der Waals surface area contributed by atoms with Crippen molar-refractivity contribution in [1.29, 1.82) is 0 Å². The van der Waals surface area contributed by atoms with E-state index in [9.17, 15) is 19.2 Å². The number of aromatic nitrogens is 4. The quantitative estimate of drug-likeness (QED) is 0.106. The molecule has 336 valence electrons. The number of nitrogens with one attached hydrogen (secondary N) is 4. The van der Waals surface area contributed by atoms with Crippen LogP contribution in [-0.2, 0) is 28.5 Å². The summed E-state index contributed by atoms with van der Waals surface area (Å²) in [6.07, 6.45) is 5.73. The molecule has 4 atom stereocenters. The van der Waals surface area contributed by atoms with Gasteiger partial charge in [0.1, 0.15) is 23.7 Å². The summed E-state index contributed by atoms with van der Waals surface area (Å²) in [5.41, 5.74) is 5.85. The molecule has 5 heterocycles. The summed E-state index contributed by atoms with van der Waals surface area (Å²) in [4.78, 5) is 72.4. The van der Waals surface area contributed by atoms with E-state index in [1.165, 1.54) is 14.2 Å². The molecule has 2 aromatic heterocycles. The lowest BCUT2D eigenvalue weighted by molar-refractivity contribution is -0.153. The molecule has 16 heteroatoms. The number of methoxy groups -OCH3 is 2. The van der Waals surface area contributed by atoms with Crippen LogP contribution in [0.5, 0.6) is 0 Å². The number of H-pyrrole nitrogens is 2. The number of amides is 4. The number of rotatable bonds is 11. The largest absolute Gasteiger partial charge is 0.453 e. The van der Waals surface area contributed by atoms with Crippen molar-refractivity contribution in [2.75, 3.05) is 40.5 Å². The Kier molecular flexibility index (Phi) is 11.4. The van der Waals surface area contributed by atoms with E-state index >= 15 is 0 Å². The minimum atomic E-state index is -0.934. The van der Waals surface area contributed by atoms with E-state index in [1.54, 1.807) is 11.1 Å². The number of benzene rings is 3. The van der Waals surface area contributed by atoms with Crippen molar-refractivity contribution in [3.63, 3.8) is 0 Å². The zero-order valence-corrected chi connectivity index (χ0v) is 37.1. The lowest BCUT2D eigenvalue weighted by Gasteiger charge is -2.30. The highest BCUT2D eigenvalue weighted by Gasteiger charge is 2.55. The van der Waals surface area contributed by atoms with E-state index in [-0.39, 0.29) is 41.7 Å². The van der Waals surface area contributed by atoms with Gasteiger partial charge in [0, 0.05) is 18.5 Å². The second-order valence-corrected chi connectivity index (χ2v) is 18.4. The maximum atomic E-state index is 14.0. The molecule has 0 bridgehead atoms. The van der Waals surface area contributed by atoms with Crippen LogP contribution in [-0.4, -0.2) is 112 Å². The Labute approximate surface area is 371 Å². The van der Waals surface area contributed by atoms with Gasteiger partial charge >= 0.3 is 12.2 Å². The second-order valence-electron chi connectivity index (χ2n) is 18.4. The molecule has 4 amide bonds. The van der Waals surface area contributed by atoms with Gasteiger partial charge in [0.05, 0.1) is 69.8 Å². The SMILES string of the molecule is COC(=O)N[C@H](C(=O)N1CC2(CC2)C[C@H]1c1ncc(-c2ccc3cc(-c4ccc(-c5cnc([C@@H]6CC7(CN6C(=O)[C@@H](NC(=O)OC)C(C)C)OCCO7)[nH]5)cc4)ccc3c2)[nH]1)C(C)C. The van der Waals surface area contributed by atoms with Crippen molar-refractivity contribution in [3.8, 4) is 33.6 Å². The molecule has 1 aliphatic carbocycles. The van der Waals surface area contributed by atoms with Gasteiger partial charge in [-0.3, -0.25) is 9.59 Å². The fourth-order valence-electron chi connectivity index (χ4n) is 9.59. The number of fused-ring (bicyclic) bond motifs is 1. The molecule has 3 aliphatic heterocycles. The first-order valence-electron chi connectivity index (χ1n) is 22.1. The van der Waals surface area contributed by atoms with Gasteiger partial charge in [-0.25, -0.2) is 19.6 Å². The number of carbonyl (C=O) groups excluding carboxylic acids is 4. The maximum absolute atomic E-state index is 14.0. The zero-order chi connectivity index (χ0) is 44.9. The maximum Gasteiger partial charge on any atom is 0.407 e. The lowest BCUT2D eigenvalue weighted by atomic mass is 9.98. The fourth-order valence-corrected chi connectivity index (χ4v) is 9.59. The Morgan fingerprint density at radius 2 is 1.12 bits per heavy atom. The smallest absolute Gasteiger partial charge is 0.407 e. The monoisotopic (exact) mass is 872 g/mol. The summed E-state index contributed by atoms with van der Waals surface area (Å²) in [5, 5.41) is 7.62. The summed E-state index contributed by atoms with van der Waals surface area (Å²) in [5.74, 6) is -0.252. The molecular formula is C48H56N8O8. The number of imidazole rings is 2. The molecule has 3 saturated heterocycles. The summed E-state index contributed by atoms with van der Waals surface area (Å²) in [6, 6.07) is 18.9. The van der Waals surface area contributed by atoms with Crippen molar-refractivity contribution in [2.24, 2.45) is 17.3 Å². The second kappa shape index (κ2) is 17.0. The molecule has 4 aliphatic rings. The Morgan fingerprint density at radius 3 is 1.66 bits per heavy atom. The summed E-state index contributed by atoms with van der Waals surface area (Å²) in [7, 11) is 2.58. The third-order valence-electron chi connectivity index (χ3n) is 13.4. The first-order chi connectivity index (χ1) is 30.8. The van der Waals surface area contributed by atoms with E-state index in [4.69, 9.17) is 28.9 Å². The molecule has 0 radical (unpaired) electrons. The van der Waals surface area contributed by atoms with E-state index in [0.29, 0.717) is 32.0 Å². The molecule has 4 fully saturated rings. The third kappa shape index (κ3) is 8.31. The molecule has 9 rings (SSSR count). The van der Waals surface area contributed by atoms with Gasteiger partial charge in [0.2, 0.25) is 11.8 Å². The van der Waals surface area contributed by atoms with E-state index in [1.807, 2.05) is 38.8 Å².